The van der Waals surface area contributed by atoms with Gasteiger partial charge in [0.15, 0.2) is 0 Å². The van der Waals surface area contributed by atoms with Gasteiger partial charge in [-0.15, -0.1) is 0 Å². The van der Waals surface area contributed by atoms with E-state index in [1.165, 1.54) is 5.56 Å². The highest BCUT2D eigenvalue weighted by Gasteiger charge is 2.31. The van der Waals surface area contributed by atoms with Crippen LogP contribution in [0.3, 0.4) is 0 Å². The molecule has 126 valence electrons. The molecular formula is C19H23N3O2. The monoisotopic (exact) mass is 325 g/mol. The van der Waals surface area contributed by atoms with Crippen LogP contribution >= 0.6 is 0 Å². The lowest BCUT2D eigenvalue weighted by Crippen LogP contribution is -2.47. The van der Waals surface area contributed by atoms with E-state index in [9.17, 15) is 4.79 Å². The van der Waals surface area contributed by atoms with Crippen LogP contribution in [0.2, 0.25) is 0 Å². The summed E-state index contributed by atoms with van der Waals surface area (Å²) in [5.74, 6) is 1.99. The molecule has 0 saturated carbocycles. The normalized spacial score (nSPS) is 22.2. The van der Waals surface area contributed by atoms with E-state index in [0.717, 1.165) is 18.1 Å². The van der Waals surface area contributed by atoms with Gasteiger partial charge in [-0.05, 0) is 36.8 Å². The summed E-state index contributed by atoms with van der Waals surface area (Å²) in [6, 6.07) is 8.08. The molecule has 2 aliphatic rings. The third-order valence-corrected chi connectivity index (χ3v) is 4.51. The smallest absolute Gasteiger partial charge is 0.246 e. The lowest BCUT2D eigenvalue weighted by Gasteiger charge is -2.37. The SMILES string of the molecule is CCN1C(=O)C=CC2C=NC(N(C)Cc3ccc(OC)cc3)=CC21. The zero-order chi connectivity index (χ0) is 17.1. The predicted molar refractivity (Wildman–Crippen MR) is 94.8 cm³/mol. The van der Waals surface area contributed by atoms with Crippen molar-refractivity contribution in [2.75, 3.05) is 20.7 Å². The van der Waals surface area contributed by atoms with Gasteiger partial charge in [0.2, 0.25) is 5.91 Å². The molecule has 0 aromatic heterocycles. The van der Waals surface area contributed by atoms with E-state index in [0.29, 0.717) is 6.54 Å². The van der Waals surface area contributed by atoms with E-state index in [1.807, 2.05) is 43.3 Å². The Kier molecular flexibility index (Phi) is 4.69. The number of amides is 1. The average molecular weight is 325 g/mol. The number of ether oxygens (including phenoxy) is 1. The van der Waals surface area contributed by atoms with Gasteiger partial charge in [0.25, 0.3) is 0 Å². The molecule has 1 amide bonds. The number of benzene rings is 1. The number of likely N-dealkylation sites (N-methyl/N-ethyl adjacent to an activating group) is 1. The Balaban J connectivity index is 1.75. The summed E-state index contributed by atoms with van der Waals surface area (Å²) in [6.07, 6.45) is 7.63. The number of carbonyl (C=O) groups is 1. The summed E-state index contributed by atoms with van der Waals surface area (Å²) in [6.45, 7) is 3.46. The lowest BCUT2D eigenvalue weighted by atomic mass is 9.93. The minimum absolute atomic E-state index is 0.0540. The van der Waals surface area contributed by atoms with Gasteiger partial charge in [-0.1, -0.05) is 18.2 Å². The molecule has 5 heteroatoms. The summed E-state index contributed by atoms with van der Waals surface area (Å²) in [4.78, 5) is 20.6. The number of aliphatic imine (C=N–C) groups is 1. The minimum atomic E-state index is 0.0540. The van der Waals surface area contributed by atoms with Crippen molar-refractivity contribution >= 4 is 12.1 Å². The first kappa shape index (κ1) is 16.3. The molecular weight excluding hydrogens is 302 g/mol. The number of nitrogens with zero attached hydrogens (tertiary/aromatic N) is 3. The van der Waals surface area contributed by atoms with Crippen LogP contribution in [0.15, 0.2) is 53.3 Å². The zero-order valence-electron chi connectivity index (χ0n) is 14.3. The summed E-state index contributed by atoms with van der Waals surface area (Å²) in [5.41, 5.74) is 1.18. The van der Waals surface area contributed by atoms with E-state index in [-0.39, 0.29) is 17.9 Å². The standard InChI is InChI=1S/C19H23N3O2/c1-4-22-17-11-18(20-12-15(17)7-10-19(22)23)21(2)13-14-5-8-16(24-3)9-6-14/h5-12,15,17H,4,13H2,1-3H3. The Morgan fingerprint density at radius 1 is 1.29 bits per heavy atom. The largest absolute Gasteiger partial charge is 0.497 e. The quantitative estimate of drug-likeness (QED) is 0.835. The Bertz CT molecular complexity index is 691. The number of hydrogen-bond acceptors (Lipinski definition) is 4. The van der Waals surface area contributed by atoms with Gasteiger partial charge in [-0.2, -0.15) is 0 Å². The number of rotatable bonds is 5. The average Bonchev–Trinajstić information content (AvgIpc) is 2.61. The van der Waals surface area contributed by atoms with Crippen molar-refractivity contribution in [1.29, 1.82) is 0 Å². The Labute approximate surface area is 142 Å². The van der Waals surface area contributed by atoms with Gasteiger partial charge < -0.3 is 14.5 Å². The van der Waals surface area contributed by atoms with Gasteiger partial charge in [0.05, 0.1) is 13.2 Å². The maximum absolute atomic E-state index is 12.0. The van der Waals surface area contributed by atoms with Gasteiger partial charge in [-0.3, -0.25) is 4.79 Å². The molecule has 1 aromatic carbocycles. The number of methoxy groups -OCH3 is 1. The zero-order valence-corrected chi connectivity index (χ0v) is 14.3. The van der Waals surface area contributed by atoms with Crippen molar-refractivity contribution < 1.29 is 9.53 Å². The van der Waals surface area contributed by atoms with E-state index in [1.54, 1.807) is 13.2 Å². The van der Waals surface area contributed by atoms with E-state index < -0.39 is 0 Å². The predicted octanol–water partition coefficient (Wildman–Crippen LogP) is 2.46. The van der Waals surface area contributed by atoms with E-state index >= 15 is 0 Å². The molecule has 24 heavy (non-hydrogen) atoms. The highest BCUT2D eigenvalue weighted by atomic mass is 16.5. The van der Waals surface area contributed by atoms with Crippen LogP contribution in [0, 0.1) is 5.92 Å². The van der Waals surface area contributed by atoms with Crippen molar-refractivity contribution in [2.45, 2.75) is 19.5 Å². The van der Waals surface area contributed by atoms with Gasteiger partial charge in [0.1, 0.15) is 11.6 Å². The van der Waals surface area contributed by atoms with Crippen molar-refractivity contribution in [3.63, 3.8) is 0 Å². The molecule has 3 rings (SSSR count). The third kappa shape index (κ3) is 3.20. The van der Waals surface area contributed by atoms with Crippen molar-refractivity contribution in [3.8, 4) is 5.75 Å². The molecule has 0 aliphatic carbocycles. The second-order valence-electron chi connectivity index (χ2n) is 6.06. The third-order valence-electron chi connectivity index (χ3n) is 4.51. The summed E-state index contributed by atoms with van der Waals surface area (Å²) in [5, 5.41) is 0. The molecule has 2 heterocycles. The molecule has 0 saturated heterocycles. The molecule has 2 unspecified atom stereocenters. The summed E-state index contributed by atoms with van der Waals surface area (Å²) < 4.78 is 5.19. The topological polar surface area (TPSA) is 45.1 Å². The maximum Gasteiger partial charge on any atom is 0.246 e. The van der Waals surface area contributed by atoms with Crippen molar-refractivity contribution in [1.82, 2.24) is 9.80 Å². The van der Waals surface area contributed by atoms with Crippen LogP contribution in [0.5, 0.6) is 5.75 Å². The second kappa shape index (κ2) is 6.91. The van der Waals surface area contributed by atoms with Crippen LogP contribution in [0.4, 0.5) is 0 Å². The lowest BCUT2D eigenvalue weighted by molar-refractivity contribution is -0.128. The number of fused-ring (bicyclic) bond motifs is 1. The maximum atomic E-state index is 12.0. The molecule has 5 nitrogen and oxygen atoms in total. The van der Waals surface area contributed by atoms with Crippen LogP contribution in [0.1, 0.15) is 12.5 Å². The first-order valence-electron chi connectivity index (χ1n) is 8.21. The van der Waals surface area contributed by atoms with Gasteiger partial charge in [-0.25, -0.2) is 4.99 Å². The fourth-order valence-electron chi connectivity index (χ4n) is 3.13. The Hall–Kier alpha value is -2.56. The van der Waals surface area contributed by atoms with Crippen LogP contribution in [-0.4, -0.2) is 48.7 Å². The van der Waals surface area contributed by atoms with Crippen LogP contribution < -0.4 is 4.74 Å². The summed E-state index contributed by atoms with van der Waals surface area (Å²) >= 11 is 0. The highest BCUT2D eigenvalue weighted by molar-refractivity contribution is 5.91. The van der Waals surface area contributed by atoms with Crippen LogP contribution in [0.25, 0.3) is 0 Å². The van der Waals surface area contributed by atoms with E-state index in [4.69, 9.17) is 4.74 Å². The minimum Gasteiger partial charge on any atom is -0.497 e. The molecule has 1 aromatic rings. The highest BCUT2D eigenvalue weighted by Crippen LogP contribution is 2.25. The molecule has 0 bridgehead atoms. The Morgan fingerprint density at radius 2 is 2.04 bits per heavy atom. The fraction of sp³-hybridized carbons (Fsp3) is 0.368. The molecule has 0 N–H and O–H groups in total. The van der Waals surface area contributed by atoms with Gasteiger partial charge in [0, 0.05) is 32.3 Å². The van der Waals surface area contributed by atoms with Crippen LogP contribution in [-0.2, 0) is 11.3 Å². The Morgan fingerprint density at radius 3 is 2.71 bits per heavy atom. The molecule has 0 radical (unpaired) electrons. The van der Waals surface area contributed by atoms with Crippen molar-refractivity contribution in [2.24, 2.45) is 10.9 Å². The fourth-order valence-corrected chi connectivity index (χ4v) is 3.13. The molecule has 0 fully saturated rings. The number of hydrogen-bond donors (Lipinski definition) is 0. The van der Waals surface area contributed by atoms with E-state index in [2.05, 4.69) is 28.1 Å². The van der Waals surface area contributed by atoms with Crippen molar-refractivity contribution in [3.05, 3.63) is 53.9 Å². The van der Waals surface area contributed by atoms with Gasteiger partial charge >= 0.3 is 0 Å². The molecule has 2 aliphatic heterocycles. The number of carbonyl (C=O) groups excluding carboxylic acids is 1. The first-order valence-corrected chi connectivity index (χ1v) is 8.21. The first-order chi connectivity index (χ1) is 11.6. The second-order valence-corrected chi connectivity index (χ2v) is 6.06. The molecule has 2 atom stereocenters. The molecule has 0 spiro atoms. The summed E-state index contributed by atoms with van der Waals surface area (Å²) in [7, 11) is 3.68.